The highest BCUT2D eigenvalue weighted by Crippen LogP contribution is 2.39. The Labute approximate surface area is 189 Å². The van der Waals surface area contributed by atoms with Gasteiger partial charge in [-0.2, -0.15) is 0 Å². The standard InChI is InChI=1S/C25H31N3O4/c1-17(2)26-24(30)28-13-11-25(12-14-28)31-16-21-15-20(9-10-22(21)32-25)18-5-7-19(8-6-18)23(29)27(3)4/h5-10,15,17H,11-14,16H2,1-4H3,(H,26,30). The number of nitrogens with one attached hydrogen (secondary N) is 1. The fourth-order valence-corrected chi connectivity index (χ4v) is 4.11. The van der Waals surface area contributed by atoms with Crippen LogP contribution < -0.4 is 10.1 Å². The highest BCUT2D eigenvalue weighted by atomic mass is 16.7. The van der Waals surface area contributed by atoms with Crippen LogP contribution in [0.4, 0.5) is 4.79 Å². The van der Waals surface area contributed by atoms with Gasteiger partial charge in [-0.15, -0.1) is 0 Å². The van der Waals surface area contributed by atoms with E-state index in [0.29, 0.717) is 38.1 Å². The zero-order chi connectivity index (χ0) is 22.9. The maximum atomic E-state index is 12.3. The van der Waals surface area contributed by atoms with Crippen LogP contribution in [0, 0.1) is 0 Å². The van der Waals surface area contributed by atoms with Crippen molar-refractivity contribution in [3.8, 4) is 16.9 Å². The third kappa shape index (κ3) is 4.58. The van der Waals surface area contributed by atoms with Crippen LogP contribution in [0.2, 0.25) is 0 Å². The molecule has 1 spiro atoms. The molecule has 1 N–H and O–H groups in total. The van der Waals surface area contributed by atoms with Crippen molar-refractivity contribution in [3.63, 3.8) is 0 Å². The summed E-state index contributed by atoms with van der Waals surface area (Å²) in [6.45, 7) is 5.59. The molecule has 2 aromatic rings. The Bertz CT molecular complexity index is 993. The molecule has 0 atom stereocenters. The summed E-state index contributed by atoms with van der Waals surface area (Å²) in [5, 5.41) is 2.94. The Morgan fingerprint density at radius 1 is 1.03 bits per heavy atom. The van der Waals surface area contributed by atoms with Gasteiger partial charge >= 0.3 is 6.03 Å². The van der Waals surface area contributed by atoms with Crippen molar-refractivity contribution < 1.29 is 19.1 Å². The summed E-state index contributed by atoms with van der Waals surface area (Å²) in [5.74, 6) is 0.151. The van der Waals surface area contributed by atoms with Crippen molar-refractivity contribution in [2.45, 2.75) is 45.1 Å². The summed E-state index contributed by atoms with van der Waals surface area (Å²) in [4.78, 5) is 27.7. The summed E-state index contributed by atoms with van der Waals surface area (Å²) < 4.78 is 12.5. The van der Waals surface area contributed by atoms with Gasteiger partial charge in [-0.3, -0.25) is 4.79 Å². The Balaban J connectivity index is 1.43. The van der Waals surface area contributed by atoms with E-state index in [1.807, 2.05) is 55.1 Å². The third-order valence-electron chi connectivity index (χ3n) is 5.94. The van der Waals surface area contributed by atoms with Gasteiger partial charge < -0.3 is 24.6 Å². The van der Waals surface area contributed by atoms with E-state index in [-0.39, 0.29) is 18.0 Å². The number of ether oxygens (including phenoxy) is 2. The minimum atomic E-state index is -0.669. The monoisotopic (exact) mass is 437 g/mol. The van der Waals surface area contributed by atoms with Gasteiger partial charge in [-0.05, 0) is 49.2 Å². The molecular formula is C25H31N3O4. The zero-order valence-corrected chi connectivity index (χ0v) is 19.2. The molecule has 4 rings (SSSR count). The highest BCUT2D eigenvalue weighted by Gasteiger charge is 2.42. The molecule has 2 aromatic carbocycles. The van der Waals surface area contributed by atoms with Crippen LogP contribution in [0.5, 0.6) is 5.75 Å². The first kappa shape index (κ1) is 22.1. The lowest BCUT2D eigenvalue weighted by Gasteiger charge is -2.44. The van der Waals surface area contributed by atoms with E-state index < -0.39 is 5.79 Å². The number of likely N-dealkylation sites (tertiary alicyclic amines) is 1. The molecule has 1 saturated heterocycles. The number of piperidine rings is 1. The number of benzene rings is 2. The lowest BCUT2D eigenvalue weighted by atomic mass is 9.98. The predicted octanol–water partition coefficient (Wildman–Crippen LogP) is 3.87. The number of carbonyl (C=O) groups is 2. The predicted molar refractivity (Wildman–Crippen MR) is 123 cm³/mol. The van der Waals surface area contributed by atoms with Gasteiger partial charge in [0.15, 0.2) is 0 Å². The number of amides is 3. The van der Waals surface area contributed by atoms with Crippen molar-refractivity contribution in [1.82, 2.24) is 15.1 Å². The zero-order valence-electron chi connectivity index (χ0n) is 19.2. The molecule has 7 nitrogen and oxygen atoms in total. The molecule has 170 valence electrons. The van der Waals surface area contributed by atoms with Gasteiger partial charge in [0.1, 0.15) is 5.75 Å². The summed E-state index contributed by atoms with van der Waals surface area (Å²) in [6, 6.07) is 13.8. The van der Waals surface area contributed by atoms with Crippen LogP contribution in [0.1, 0.15) is 42.6 Å². The maximum Gasteiger partial charge on any atom is 0.317 e. The second-order valence-electron chi connectivity index (χ2n) is 8.99. The number of fused-ring (bicyclic) bond motifs is 1. The van der Waals surface area contributed by atoms with Crippen molar-refractivity contribution in [1.29, 1.82) is 0 Å². The molecule has 0 radical (unpaired) electrons. The molecule has 2 aliphatic rings. The SMILES string of the molecule is CC(C)NC(=O)N1CCC2(CC1)OCc1cc(-c3ccc(C(=O)N(C)C)cc3)ccc1O2. The largest absolute Gasteiger partial charge is 0.462 e. The number of hydrogen-bond donors (Lipinski definition) is 1. The van der Waals surface area contributed by atoms with Crippen LogP contribution in [-0.2, 0) is 11.3 Å². The molecule has 3 amide bonds. The quantitative estimate of drug-likeness (QED) is 0.791. The number of carbonyl (C=O) groups excluding carboxylic acids is 2. The van der Waals surface area contributed by atoms with Crippen LogP contribution in [0.15, 0.2) is 42.5 Å². The van der Waals surface area contributed by atoms with Crippen molar-refractivity contribution in [2.24, 2.45) is 0 Å². The first-order valence-electron chi connectivity index (χ1n) is 11.1. The number of rotatable bonds is 3. The second-order valence-corrected chi connectivity index (χ2v) is 8.99. The van der Waals surface area contributed by atoms with Gasteiger partial charge in [0, 0.05) is 57.2 Å². The molecule has 32 heavy (non-hydrogen) atoms. The first-order valence-corrected chi connectivity index (χ1v) is 11.1. The molecule has 0 aromatic heterocycles. The number of hydrogen-bond acceptors (Lipinski definition) is 4. The molecular weight excluding hydrogens is 406 g/mol. The van der Waals surface area contributed by atoms with Gasteiger partial charge in [-0.25, -0.2) is 4.79 Å². The average Bonchev–Trinajstić information content (AvgIpc) is 2.78. The maximum absolute atomic E-state index is 12.3. The second kappa shape index (κ2) is 8.82. The van der Waals surface area contributed by atoms with E-state index >= 15 is 0 Å². The van der Waals surface area contributed by atoms with E-state index in [0.717, 1.165) is 22.4 Å². The summed E-state index contributed by atoms with van der Waals surface area (Å²) in [6.07, 6.45) is 1.28. The minimum Gasteiger partial charge on any atom is -0.462 e. The van der Waals surface area contributed by atoms with Crippen molar-refractivity contribution in [3.05, 3.63) is 53.6 Å². The summed E-state index contributed by atoms with van der Waals surface area (Å²) >= 11 is 0. The van der Waals surface area contributed by atoms with E-state index in [1.54, 1.807) is 19.0 Å². The number of nitrogens with zero attached hydrogens (tertiary/aromatic N) is 2. The molecule has 1 fully saturated rings. The Kier molecular flexibility index (Phi) is 6.11. The third-order valence-corrected chi connectivity index (χ3v) is 5.94. The van der Waals surface area contributed by atoms with Crippen LogP contribution in [0.3, 0.4) is 0 Å². The van der Waals surface area contributed by atoms with E-state index in [2.05, 4.69) is 11.4 Å². The van der Waals surface area contributed by atoms with E-state index in [9.17, 15) is 9.59 Å². The normalized spacial score (nSPS) is 17.0. The first-order chi connectivity index (χ1) is 15.3. The van der Waals surface area contributed by atoms with Crippen LogP contribution in [0.25, 0.3) is 11.1 Å². The van der Waals surface area contributed by atoms with Gasteiger partial charge in [0.2, 0.25) is 5.79 Å². The molecule has 0 bridgehead atoms. The highest BCUT2D eigenvalue weighted by molar-refractivity contribution is 5.94. The smallest absolute Gasteiger partial charge is 0.317 e. The summed E-state index contributed by atoms with van der Waals surface area (Å²) in [7, 11) is 3.49. The molecule has 2 aliphatic heterocycles. The van der Waals surface area contributed by atoms with Gasteiger partial charge in [0.25, 0.3) is 5.91 Å². The molecule has 2 heterocycles. The van der Waals surface area contributed by atoms with Gasteiger partial charge in [0.05, 0.1) is 6.61 Å². The lowest BCUT2D eigenvalue weighted by molar-refractivity contribution is -0.225. The lowest BCUT2D eigenvalue weighted by Crippen LogP contribution is -2.54. The molecule has 0 saturated carbocycles. The number of urea groups is 1. The molecule has 7 heteroatoms. The van der Waals surface area contributed by atoms with Crippen molar-refractivity contribution in [2.75, 3.05) is 27.2 Å². The minimum absolute atomic E-state index is 0.0122. The van der Waals surface area contributed by atoms with E-state index in [4.69, 9.17) is 9.47 Å². The Morgan fingerprint density at radius 3 is 2.31 bits per heavy atom. The van der Waals surface area contributed by atoms with Gasteiger partial charge in [-0.1, -0.05) is 18.2 Å². The Hall–Kier alpha value is -3.06. The summed E-state index contributed by atoms with van der Waals surface area (Å²) in [5.41, 5.74) is 3.75. The van der Waals surface area contributed by atoms with E-state index in [1.165, 1.54) is 0 Å². The average molecular weight is 438 g/mol. The fraction of sp³-hybridized carbons (Fsp3) is 0.440. The molecule has 0 unspecified atom stereocenters. The van der Waals surface area contributed by atoms with Crippen LogP contribution >= 0.6 is 0 Å². The molecule has 0 aliphatic carbocycles. The fourth-order valence-electron chi connectivity index (χ4n) is 4.11. The Morgan fingerprint density at radius 2 is 1.69 bits per heavy atom. The topological polar surface area (TPSA) is 71.1 Å². The van der Waals surface area contributed by atoms with Crippen molar-refractivity contribution >= 4 is 11.9 Å². The van der Waals surface area contributed by atoms with Crippen LogP contribution in [-0.4, -0.2) is 60.8 Å².